The molecule has 0 aliphatic carbocycles. The van der Waals surface area contributed by atoms with Crippen LogP contribution in [0.3, 0.4) is 0 Å². The van der Waals surface area contributed by atoms with E-state index in [9.17, 15) is 8.42 Å². The van der Waals surface area contributed by atoms with Crippen LogP contribution in [0.5, 0.6) is 0 Å². The lowest BCUT2D eigenvalue weighted by Crippen LogP contribution is -2.02. The van der Waals surface area contributed by atoms with Crippen molar-refractivity contribution in [2.75, 3.05) is 0 Å². The fourth-order valence-electron chi connectivity index (χ4n) is 3.44. The molecule has 6 heteroatoms. The Balaban J connectivity index is 1.91. The van der Waals surface area contributed by atoms with Crippen LogP contribution in [0.4, 0.5) is 0 Å². The van der Waals surface area contributed by atoms with E-state index in [0.717, 1.165) is 16.8 Å². The van der Waals surface area contributed by atoms with Crippen LogP contribution in [0.1, 0.15) is 25.1 Å². The lowest BCUT2D eigenvalue weighted by Gasteiger charge is -2.09. The minimum Gasteiger partial charge on any atom is -0.339 e. The van der Waals surface area contributed by atoms with Gasteiger partial charge in [-0.1, -0.05) is 61.9 Å². The highest BCUT2D eigenvalue weighted by atomic mass is 35.5. The van der Waals surface area contributed by atoms with Crippen molar-refractivity contribution in [1.29, 1.82) is 0 Å². The maximum Gasteiger partial charge on any atom is 0.207 e. The number of hydrogen-bond acceptors (Lipinski definition) is 3. The molecule has 2 aromatic carbocycles. The number of hydrogen-bond donors (Lipinski definition) is 1. The van der Waals surface area contributed by atoms with Crippen LogP contribution in [0.2, 0.25) is 5.02 Å². The highest BCUT2D eigenvalue weighted by Crippen LogP contribution is 2.32. The Bertz CT molecular complexity index is 1340. The third-order valence-corrected chi connectivity index (χ3v) is 6.82. The van der Waals surface area contributed by atoms with Gasteiger partial charge in [-0.2, -0.15) is 0 Å². The standard InChI is InChI=1S/C24H21ClN2O2S/c1-16(2)13-20(17-7-6-8-18(25)14-17)22-15-21-23(11-12-26-24(21)27-22)30(28,29)19-9-4-3-5-10-19/h3-16H,1-2H3,(H,26,27). The molecule has 0 saturated heterocycles. The van der Waals surface area contributed by atoms with E-state index in [1.54, 1.807) is 36.4 Å². The fourth-order valence-corrected chi connectivity index (χ4v) is 5.08. The third-order valence-electron chi connectivity index (χ3n) is 4.76. The van der Waals surface area contributed by atoms with Crippen molar-refractivity contribution >= 4 is 38.0 Å². The molecule has 0 amide bonds. The molecule has 0 atom stereocenters. The lowest BCUT2D eigenvalue weighted by molar-refractivity contribution is 0.597. The minimum absolute atomic E-state index is 0.233. The average molecular weight is 437 g/mol. The molecule has 0 bridgehead atoms. The van der Waals surface area contributed by atoms with E-state index >= 15 is 0 Å². The lowest BCUT2D eigenvalue weighted by atomic mass is 9.99. The van der Waals surface area contributed by atoms with E-state index in [-0.39, 0.29) is 15.7 Å². The molecule has 1 N–H and O–H groups in total. The average Bonchev–Trinajstić information content (AvgIpc) is 3.16. The second kappa shape index (κ2) is 8.09. The molecule has 0 spiro atoms. The van der Waals surface area contributed by atoms with Crippen LogP contribution >= 0.6 is 11.6 Å². The summed E-state index contributed by atoms with van der Waals surface area (Å²) < 4.78 is 26.5. The monoisotopic (exact) mass is 436 g/mol. The van der Waals surface area contributed by atoms with E-state index in [0.29, 0.717) is 16.1 Å². The number of H-pyrrole nitrogens is 1. The normalized spacial score (nSPS) is 12.6. The summed E-state index contributed by atoms with van der Waals surface area (Å²) in [6.45, 7) is 4.19. The smallest absolute Gasteiger partial charge is 0.207 e. The molecule has 30 heavy (non-hydrogen) atoms. The predicted molar refractivity (Wildman–Crippen MR) is 121 cm³/mol. The number of benzene rings is 2. The fraction of sp³-hybridized carbons (Fsp3) is 0.125. The number of aromatic amines is 1. The second-order valence-electron chi connectivity index (χ2n) is 7.41. The predicted octanol–water partition coefficient (Wildman–Crippen LogP) is 6.14. The van der Waals surface area contributed by atoms with Crippen LogP contribution in [0.15, 0.2) is 88.8 Å². The van der Waals surface area contributed by atoms with E-state index in [1.165, 1.54) is 6.20 Å². The molecular weight excluding hydrogens is 416 g/mol. The number of sulfone groups is 1. The first-order chi connectivity index (χ1) is 14.4. The molecule has 0 saturated carbocycles. The van der Waals surface area contributed by atoms with Gasteiger partial charge < -0.3 is 4.98 Å². The van der Waals surface area contributed by atoms with Gasteiger partial charge in [-0.05, 0) is 47.9 Å². The van der Waals surface area contributed by atoms with Gasteiger partial charge >= 0.3 is 0 Å². The molecule has 0 aliphatic heterocycles. The maximum absolute atomic E-state index is 13.2. The number of nitrogens with zero attached hydrogens (tertiary/aromatic N) is 1. The summed E-state index contributed by atoms with van der Waals surface area (Å²) in [4.78, 5) is 8.16. The summed E-state index contributed by atoms with van der Waals surface area (Å²) in [6, 6.07) is 19.5. The zero-order chi connectivity index (χ0) is 21.3. The van der Waals surface area contributed by atoms with Gasteiger partial charge in [0.25, 0.3) is 0 Å². The summed E-state index contributed by atoms with van der Waals surface area (Å²) in [5.74, 6) is 0.283. The Hall–Kier alpha value is -2.89. The number of fused-ring (bicyclic) bond motifs is 1. The van der Waals surface area contributed by atoms with Gasteiger partial charge in [-0.15, -0.1) is 0 Å². The first-order valence-electron chi connectivity index (χ1n) is 9.62. The van der Waals surface area contributed by atoms with Crippen LogP contribution in [0.25, 0.3) is 16.6 Å². The van der Waals surface area contributed by atoms with Crippen molar-refractivity contribution in [3.05, 3.63) is 95.3 Å². The molecule has 0 aliphatic rings. The van der Waals surface area contributed by atoms with Gasteiger partial charge in [-0.25, -0.2) is 13.4 Å². The third kappa shape index (κ3) is 3.91. The maximum atomic E-state index is 13.2. The summed E-state index contributed by atoms with van der Waals surface area (Å²) in [5.41, 5.74) is 3.23. The molecule has 0 fully saturated rings. The Labute approximate surface area is 181 Å². The zero-order valence-electron chi connectivity index (χ0n) is 16.6. The van der Waals surface area contributed by atoms with Gasteiger partial charge in [0.15, 0.2) is 0 Å². The molecule has 4 nitrogen and oxygen atoms in total. The van der Waals surface area contributed by atoms with Crippen molar-refractivity contribution in [3.8, 4) is 0 Å². The molecule has 4 rings (SSSR count). The van der Waals surface area contributed by atoms with Crippen LogP contribution in [0, 0.1) is 5.92 Å². The van der Waals surface area contributed by atoms with Gasteiger partial charge in [-0.3, -0.25) is 0 Å². The summed E-state index contributed by atoms with van der Waals surface area (Å²) >= 11 is 6.22. The van der Waals surface area contributed by atoms with Crippen molar-refractivity contribution in [3.63, 3.8) is 0 Å². The second-order valence-corrected chi connectivity index (χ2v) is 9.76. The van der Waals surface area contributed by atoms with Crippen molar-refractivity contribution in [2.24, 2.45) is 5.92 Å². The molecule has 0 radical (unpaired) electrons. The Morgan fingerprint density at radius 1 is 1.03 bits per heavy atom. The molecular formula is C24H21ClN2O2S. The van der Waals surface area contributed by atoms with Gasteiger partial charge in [0.1, 0.15) is 5.65 Å². The Morgan fingerprint density at radius 2 is 1.80 bits per heavy atom. The summed E-state index contributed by atoms with van der Waals surface area (Å²) in [5, 5.41) is 1.21. The topological polar surface area (TPSA) is 62.8 Å². The van der Waals surface area contributed by atoms with Crippen LogP contribution in [-0.4, -0.2) is 18.4 Å². The summed E-state index contributed by atoms with van der Waals surface area (Å²) in [7, 11) is -3.67. The van der Waals surface area contributed by atoms with Crippen LogP contribution in [-0.2, 0) is 9.84 Å². The number of nitrogens with one attached hydrogen (secondary N) is 1. The quantitative estimate of drug-likeness (QED) is 0.409. The molecule has 2 aromatic heterocycles. The number of pyridine rings is 1. The van der Waals surface area contributed by atoms with Gasteiger partial charge in [0, 0.05) is 27.9 Å². The first kappa shape index (κ1) is 20.4. The van der Waals surface area contributed by atoms with Gasteiger partial charge in [0.05, 0.1) is 9.79 Å². The number of halogens is 1. The van der Waals surface area contributed by atoms with E-state index < -0.39 is 9.84 Å². The first-order valence-corrected chi connectivity index (χ1v) is 11.5. The number of rotatable bonds is 5. The van der Waals surface area contributed by atoms with E-state index in [1.807, 2.05) is 30.3 Å². The molecule has 4 aromatic rings. The van der Waals surface area contributed by atoms with Crippen molar-refractivity contribution in [2.45, 2.75) is 23.6 Å². The van der Waals surface area contributed by atoms with Crippen LogP contribution < -0.4 is 0 Å². The molecule has 152 valence electrons. The highest BCUT2D eigenvalue weighted by Gasteiger charge is 2.22. The van der Waals surface area contributed by atoms with E-state index in [2.05, 4.69) is 29.9 Å². The number of aromatic nitrogens is 2. The SMILES string of the molecule is CC(C)C=C(c1cccc(Cl)c1)c1cc2c(S(=O)(=O)c3ccccc3)ccnc2[nH]1. The molecule has 2 heterocycles. The zero-order valence-corrected chi connectivity index (χ0v) is 18.2. The summed E-state index contributed by atoms with van der Waals surface area (Å²) in [6.07, 6.45) is 3.64. The minimum atomic E-state index is -3.67. The Kier molecular flexibility index (Phi) is 5.50. The Morgan fingerprint density at radius 3 is 2.50 bits per heavy atom. The van der Waals surface area contributed by atoms with Crippen molar-refractivity contribution in [1.82, 2.24) is 9.97 Å². The number of allylic oxidation sites excluding steroid dienone is 1. The molecule has 0 unspecified atom stereocenters. The largest absolute Gasteiger partial charge is 0.339 e. The van der Waals surface area contributed by atoms with Crippen molar-refractivity contribution < 1.29 is 8.42 Å². The van der Waals surface area contributed by atoms with Gasteiger partial charge in [0.2, 0.25) is 9.84 Å². The van der Waals surface area contributed by atoms with E-state index in [4.69, 9.17) is 11.6 Å². The highest BCUT2D eigenvalue weighted by molar-refractivity contribution is 7.91.